The molecule has 0 aromatic rings. The molecule has 0 aromatic heterocycles. The van der Waals surface area contributed by atoms with Crippen LogP contribution in [0.5, 0.6) is 0 Å². The van der Waals surface area contributed by atoms with Crippen LogP contribution in [0.2, 0.25) is 0 Å². The van der Waals surface area contributed by atoms with Gasteiger partial charge < -0.3 is 1.43 Å². The van der Waals surface area contributed by atoms with Gasteiger partial charge in [-0.15, -0.1) is 0 Å². The molecule has 0 bridgehead atoms. The van der Waals surface area contributed by atoms with Gasteiger partial charge in [0.1, 0.15) is 0 Å². The predicted molar refractivity (Wildman–Crippen MR) is 11.7 cm³/mol. The van der Waals surface area contributed by atoms with Crippen molar-refractivity contribution >= 4 is 17.4 Å². The van der Waals surface area contributed by atoms with Gasteiger partial charge in [-0.3, -0.25) is 0 Å². The first-order valence-electron chi connectivity index (χ1n) is 0.129. The number of hydrogen-bond acceptors (Lipinski definition) is 1. The molecular formula is H4AlLiNiO. The van der Waals surface area contributed by atoms with Gasteiger partial charge in [0.15, 0.2) is 17.4 Å². The van der Waals surface area contributed by atoms with Crippen LogP contribution in [0.15, 0.2) is 0 Å². The topological polar surface area (TPSA) is 17.1 Å². The molecule has 0 amide bonds. The summed E-state index contributed by atoms with van der Waals surface area (Å²) in [5.74, 6) is 0. The van der Waals surface area contributed by atoms with E-state index in [1.807, 2.05) is 0 Å². The second-order valence-corrected chi connectivity index (χ2v) is 0. The van der Waals surface area contributed by atoms with E-state index in [9.17, 15) is 0 Å². The molecule has 0 aliphatic rings. The molecule has 4 heteroatoms. The summed E-state index contributed by atoms with van der Waals surface area (Å²) in [5.41, 5.74) is 0. The summed E-state index contributed by atoms with van der Waals surface area (Å²) in [4.78, 5) is 0. The van der Waals surface area contributed by atoms with Crippen molar-refractivity contribution in [1.82, 2.24) is 0 Å². The Kier molecular flexibility index (Phi) is 116. The van der Waals surface area contributed by atoms with E-state index < -0.39 is 0 Å². The fourth-order valence-corrected chi connectivity index (χ4v) is 0. The molecule has 1 nitrogen and oxygen atoms in total. The molecule has 0 N–H and O–H groups in total. The second-order valence-electron chi connectivity index (χ2n) is 0. The van der Waals surface area contributed by atoms with Crippen molar-refractivity contribution < 1.29 is 39.6 Å². The minimum absolute atomic E-state index is 0. The van der Waals surface area contributed by atoms with Gasteiger partial charge in [0.05, 0.1) is 0 Å². The number of rotatable bonds is 0. The summed E-state index contributed by atoms with van der Waals surface area (Å²) in [6, 6.07) is 0. The first kappa shape index (κ1) is 18.1. The van der Waals surface area contributed by atoms with Gasteiger partial charge in [-0.2, -0.15) is 0 Å². The molecule has 0 fully saturated rings. The second kappa shape index (κ2) is 25.6. The Bertz CT molecular complexity index is 11.6. The fraction of sp³-hybridized carbons (Fsp3) is 0. The molecule has 0 saturated heterocycles. The van der Waals surface area contributed by atoms with Crippen LogP contribution in [0.25, 0.3) is 0 Å². The molecule has 0 heterocycles. The van der Waals surface area contributed by atoms with Crippen molar-refractivity contribution in [3.05, 3.63) is 0 Å². The third-order valence-electron chi connectivity index (χ3n) is 0. The Hall–Kier alpha value is 1.42. The minimum atomic E-state index is 0. The van der Waals surface area contributed by atoms with Crippen LogP contribution >= 0.6 is 0 Å². The molecule has 0 unspecified atom stereocenters. The Morgan fingerprint density at radius 1 is 1.50 bits per heavy atom. The van der Waals surface area contributed by atoms with E-state index in [0.717, 1.165) is 0 Å². The van der Waals surface area contributed by atoms with Gasteiger partial charge in [0.25, 0.3) is 0 Å². The average Bonchev–Trinajstić information content (AvgIpc) is 1.00. The zero-order chi connectivity index (χ0) is 2.00. The molecule has 0 rings (SSSR count). The van der Waals surface area contributed by atoms with Crippen LogP contribution in [0, 0.1) is 0 Å². The number of hydrogen-bond donors (Lipinski definition) is 0. The molecule has 24 valence electrons. The van der Waals surface area contributed by atoms with Crippen LogP contribution < -0.4 is 18.9 Å². The van der Waals surface area contributed by atoms with E-state index in [1.165, 1.54) is 0 Å². The molecule has 0 spiro atoms. The van der Waals surface area contributed by atoms with Crippen molar-refractivity contribution in [1.29, 1.82) is 0 Å². The summed E-state index contributed by atoms with van der Waals surface area (Å²) in [5, 5.41) is 0. The first-order valence-corrected chi connectivity index (χ1v) is 0.532. The van der Waals surface area contributed by atoms with Crippen molar-refractivity contribution in [2.45, 2.75) is 0 Å². The zero-order valence-corrected chi connectivity index (χ0v) is 2.71. The van der Waals surface area contributed by atoms with E-state index in [0.29, 0.717) is 0 Å². The maximum absolute atomic E-state index is 7.88. The van der Waals surface area contributed by atoms with E-state index >= 15 is 0 Å². The van der Waals surface area contributed by atoms with E-state index in [2.05, 4.69) is 15.4 Å². The normalized spacial score (nSPS) is 1.50. The Balaban J connectivity index is -0.00000000167. The van der Waals surface area contributed by atoms with Crippen molar-refractivity contribution in [2.24, 2.45) is 0 Å². The van der Waals surface area contributed by atoms with E-state index in [-0.39, 0.29) is 37.6 Å². The van der Waals surface area contributed by atoms with Crippen LogP contribution in [-0.2, 0) is 19.3 Å². The Labute approximate surface area is 56.9 Å². The Morgan fingerprint density at radius 2 is 1.50 bits per heavy atom. The molecule has 0 saturated carbocycles. The molecule has 0 aliphatic carbocycles. The summed E-state index contributed by atoms with van der Waals surface area (Å²) in [6.07, 6.45) is 0. The van der Waals surface area contributed by atoms with Gasteiger partial charge >= 0.3 is 38.1 Å². The molecule has 0 radical (unpaired) electrons. The fourth-order valence-electron chi connectivity index (χ4n) is 0. The van der Waals surface area contributed by atoms with Crippen molar-refractivity contribution in [2.75, 3.05) is 0 Å². The SMILES string of the molecule is [AlH3].[H-].[Li+].[O]=[Ni]. The third-order valence-corrected chi connectivity index (χ3v) is 0. The monoisotopic (exact) mass is 112 g/mol. The maximum atomic E-state index is 7.88. The summed E-state index contributed by atoms with van der Waals surface area (Å²) in [7, 11) is 0. The zero-order valence-electron chi connectivity index (χ0n) is 2.72. The molecule has 0 aliphatic heterocycles. The van der Waals surface area contributed by atoms with E-state index in [1.54, 1.807) is 0 Å². The van der Waals surface area contributed by atoms with Gasteiger partial charge in [0.2, 0.25) is 0 Å². The van der Waals surface area contributed by atoms with Gasteiger partial charge in [-0.05, 0) is 0 Å². The standard InChI is InChI=1S/Al.Li.Ni.O.4H/q;+1;;;;;;-1. The van der Waals surface area contributed by atoms with E-state index in [4.69, 9.17) is 3.90 Å². The van der Waals surface area contributed by atoms with Crippen LogP contribution in [0.4, 0.5) is 0 Å². The van der Waals surface area contributed by atoms with Gasteiger partial charge in [-0.1, -0.05) is 0 Å². The van der Waals surface area contributed by atoms with Crippen LogP contribution in [-0.4, -0.2) is 17.4 Å². The van der Waals surface area contributed by atoms with Crippen molar-refractivity contribution in [3.8, 4) is 0 Å². The quantitative estimate of drug-likeness (QED) is 0.291. The average molecular weight is 113 g/mol. The van der Waals surface area contributed by atoms with Crippen LogP contribution in [0.1, 0.15) is 1.43 Å². The van der Waals surface area contributed by atoms with Gasteiger partial charge in [-0.25, -0.2) is 0 Å². The first-order chi connectivity index (χ1) is 1.00. The summed E-state index contributed by atoms with van der Waals surface area (Å²) in [6.45, 7) is 0. The molecule has 4 heavy (non-hydrogen) atoms. The van der Waals surface area contributed by atoms with Crippen LogP contribution in [0.3, 0.4) is 0 Å². The molecule has 0 atom stereocenters. The predicted octanol–water partition coefficient (Wildman–Crippen LogP) is -4.19. The summed E-state index contributed by atoms with van der Waals surface area (Å²) < 4.78 is 7.88. The Morgan fingerprint density at radius 3 is 1.50 bits per heavy atom. The molecular weight excluding hydrogens is 109 g/mol. The summed E-state index contributed by atoms with van der Waals surface area (Å²) >= 11 is 2.62. The van der Waals surface area contributed by atoms with Crippen molar-refractivity contribution in [3.63, 3.8) is 0 Å². The third kappa shape index (κ3) is 9.92. The van der Waals surface area contributed by atoms with Gasteiger partial charge in [0, 0.05) is 0 Å². The molecule has 0 aromatic carbocycles.